The van der Waals surface area contributed by atoms with Crippen LogP contribution in [0.5, 0.6) is 0 Å². The van der Waals surface area contributed by atoms with Crippen LogP contribution < -0.4 is 4.90 Å². The number of anilines is 1. The quantitative estimate of drug-likeness (QED) is 0.497. The Morgan fingerprint density at radius 1 is 1.07 bits per heavy atom. The number of carbonyl (C=O) groups is 3. The predicted molar refractivity (Wildman–Crippen MR) is 82.6 cm³/mol. The summed E-state index contributed by atoms with van der Waals surface area (Å²) in [6.45, 7) is 0. The molecule has 2 aromatic rings. The third kappa shape index (κ3) is 2.78. The molecule has 0 saturated heterocycles. The minimum absolute atomic E-state index is 0.0886. The van der Waals surface area contributed by atoms with Crippen molar-refractivity contribution in [1.82, 2.24) is 0 Å². The Balaban J connectivity index is 2.33. The summed E-state index contributed by atoms with van der Waals surface area (Å²) in [5, 5.41) is 20.6. The molecule has 1 aliphatic rings. The molecular weight excluding hydrogens is 373 g/mol. The second kappa shape index (κ2) is 5.90. The fourth-order valence-corrected chi connectivity index (χ4v) is 2.71. The molecular formula is C16H7F3N2O6. The van der Waals surface area contributed by atoms with Crippen molar-refractivity contribution in [2.75, 3.05) is 4.90 Å². The molecule has 0 spiro atoms. The number of amides is 2. The maximum absolute atomic E-state index is 13.0. The first-order valence-corrected chi connectivity index (χ1v) is 7.14. The third-order valence-electron chi connectivity index (χ3n) is 3.86. The fraction of sp³-hybridized carbons (Fsp3) is 0.0625. The predicted octanol–water partition coefficient (Wildman–Crippen LogP) is 3.11. The molecule has 2 aromatic carbocycles. The molecule has 0 fully saturated rings. The highest BCUT2D eigenvalue weighted by Gasteiger charge is 2.44. The molecule has 0 unspecified atom stereocenters. The summed E-state index contributed by atoms with van der Waals surface area (Å²) in [5.74, 6) is -4.10. The number of benzene rings is 2. The van der Waals surface area contributed by atoms with Gasteiger partial charge >= 0.3 is 12.1 Å². The average Bonchev–Trinajstić information content (AvgIpc) is 2.84. The number of rotatable bonds is 3. The molecule has 1 N–H and O–H groups in total. The highest BCUT2D eigenvalue weighted by molar-refractivity contribution is 6.36. The van der Waals surface area contributed by atoms with E-state index in [-0.39, 0.29) is 28.2 Å². The zero-order valence-electron chi connectivity index (χ0n) is 13.0. The van der Waals surface area contributed by atoms with Crippen LogP contribution in [-0.4, -0.2) is 27.8 Å². The first-order chi connectivity index (χ1) is 12.5. The number of imide groups is 1. The number of alkyl halides is 3. The second-order valence-corrected chi connectivity index (χ2v) is 5.44. The second-order valence-electron chi connectivity index (χ2n) is 5.44. The van der Waals surface area contributed by atoms with Gasteiger partial charge in [0.25, 0.3) is 17.5 Å². The zero-order chi connectivity index (χ0) is 20.1. The number of carbonyl (C=O) groups excluding carboxylic acids is 2. The minimum Gasteiger partial charge on any atom is -0.478 e. The summed E-state index contributed by atoms with van der Waals surface area (Å²) >= 11 is 0. The third-order valence-corrected chi connectivity index (χ3v) is 3.86. The smallest absolute Gasteiger partial charge is 0.416 e. The lowest BCUT2D eigenvalue weighted by molar-refractivity contribution is -0.384. The summed E-state index contributed by atoms with van der Waals surface area (Å²) < 4.78 is 39.0. The van der Waals surface area contributed by atoms with Crippen LogP contribution in [0.2, 0.25) is 0 Å². The molecule has 0 saturated carbocycles. The van der Waals surface area contributed by atoms with Gasteiger partial charge in [0, 0.05) is 6.07 Å². The standard InChI is InChI=1S/C16H7F3N2O6/c17-16(18,19)7-5-10(15(24)25)12(11(6-7)21(26)27)20-13(22)8-3-1-2-4-9(8)14(20)23/h1-6H,(H,24,25). The first-order valence-electron chi connectivity index (χ1n) is 7.14. The normalized spacial score (nSPS) is 13.7. The molecule has 3 rings (SSSR count). The van der Waals surface area contributed by atoms with E-state index >= 15 is 0 Å². The van der Waals surface area contributed by atoms with Gasteiger partial charge in [0.15, 0.2) is 0 Å². The average molecular weight is 380 g/mol. The SMILES string of the molecule is O=C(O)c1cc(C(F)(F)F)cc([N+](=O)[O-])c1N1C(=O)c2ccccc2C1=O. The molecule has 27 heavy (non-hydrogen) atoms. The Bertz CT molecular complexity index is 961. The Kier molecular flexibility index (Phi) is 3.94. The van der Waals surface area contributed by atoms with Crippen molar-refractivity contribution in [2.45, 2.75) is 6.18 Å². The van der Waals surface area contributed by atoms with Gasteiger partial charge in [0.05, 0.1) is 27.2 Å². The van der Waals surface area contributed by atoms with Crippen molar-refractivity contribution in [3.05, 3.63) is 68.8 Å². The number of carboxylic acids is 1. The number of hydrogen-bond donors (Lipinski definition) is 1. The Morgan fingerprint density at radius 2 is 1.59 bits per heavy atom. The lowest BCUT2D eigenvalue weighted by Crippen LogP contribution is -2.32. The molecule has 0 radical (unpaired) electrons. The van der Waals surface area contributed by atoms with Gasteiger partial charge in [0.2, 0.25) is 0 Å². The summed E-state index contributed by atoms with van der Waals surface area (Å²) in [6, 6.07) is 5.54. The number of halogens is 3. The van der Waals surface area contributed by atoms with E-state index in [1.807, 2.05) is 0 Å². The lowest BCUT2D eigenvalue weighted by atomic mass is 10.0. The van der Waals surface area contributed by atoms with E-state index in [1.165, 1.54) is 24.3 Å². The molecule has 8 nitrogen and oxygen atoms in total. The number of nitro groups is 1. The maximum Gasteiger partial charge on any atom is 0.416 e. The topological polar surface area (TPSA) is 118 Å². The number of hydrogen-bond acceptors (Lipinski definition) is 5. The van der Waals surface area contributed by atoms with E-state index in [0.29, 0.717) is 0 Å². The molecule has 2 amide bonds. The Hall–Kier alpha value is -3.76. The van der Waals surface area contributed by atoms with Crippen molar-refractivity contribution in [1.29, 1.82) is 0 Å². The van der Waals surface area contributed by atoms with Crippen LogP contribution in [0.4, 0.5) is 24.5 Å². The van der Waals surface area contributed by atoms with Crippen LogP contribution in [-0.2, 0) is 6.18 Å². The van der Waals surface area contributed by atoms with E-state index in [9.17, 15) is 42.8 Å². The molecule has 0 bridgehead atoms. The van der Waals surface area contributed by atoms with Crippen LogP contribution in [0, 0.1) is 10.1 Å². The number of carboxylic acid groups (broad SMARTS) is 1. The molecule has 1 aliphatic heterocycles. The van der Waals surface area contributed by atoms with Crippen LogP contribution in [0.25, 0.3) is 0 Å². The summed E-state index contributed by atoms with van der Waals surface area (Å²) in [4.78, 5) is 46.7. The van der Waals surface area contributed by atoms with Crippen molar-refractivity contribution in [3.63, 3.8) is 0 Å². The van der Waals surface area contributed by atoms with Crippen LogP contribution in [0.15, 0.2) is 36.4 Å². The molecule has 0 atom stereocenters. The van der Waals surface area contributed by atoms with Crippen LogP contribution >= 0.6 is 0 Å². The summed E-state index contributed by atoms with van der Waals surface area (Å²) in [5.41, 5.74) is -5.41. The van der Waals surface area contributed by atoms with Crippen molar-refractivity contribution in [3.8, 4) is 0 Å². The van der Waals surface area contributed by atoms with Gasteiger partial charge in [0.1, 0.15) is 5.69 Å². The number of aromatic carboxylic acids is 1. The first kappa shape index (κ1) is 18.0. The fourth-order valence-electron chi connectivity index (χ4n) is 2.71. The van der Waals surface area contributed by atoms with Gasteiger partial charge in [-0.3, -0.25) is 19.7 Å². The molecule has 11 heteroatoms. The Morgan fingerprint density at radius 3 is 2.00 bits per heavy atom. The van der Waals surface area contributed by atoms with E-state index in [2.05, 4.69) is 0 Å². The summed E-state index contributed by atoms with van der Waals surface area (Å²) in [7, 11) is 0. The molecule has 0 aliphatic carbocycles. The summed E-state index contributed by atoms with van der Waals surface area (Å²) in [6.07, 6.45) is -5.07. The number of fused-ring (bicyclic) bond motifs is 1. The van der Waals surface area contributed by atoms with Crippen LogP contribution in [0.1, 0.15) is 36.6 Å². The number of nitro benzene ring substituents is 1. The maximum atomic E-state index is 13.0. The molecule has 138 valence electrons. The largest absolute Gasteiger partial charge is 0.478 e. The van der Waals surface area contributed by atoms with Crippen molar-refractivity contribution < 1.29 is 37.6 Å². The van der Waals surface area contributed by atoms with Gasteiger partial charge in [-0.15, -0.1) is 0 Å². The van der Waals surface area contributed by atoms with Crippen molar-refractivity contribution in [2.24, 2.45) is 0 Å². The minimum atomic E-state index is -5.07. The van der Waals surface area contributed by atoms with Gasteiger partial charge in [-0.25, -0.2) is 9.69 Å². The van der Waals surface area contributed by atoms with E-state index in [1.54, 1.807) is 0 Å². The zero-order valence-corrected chi connectivity index (χ0v) is 13.0. The lowest BCUT2D eigenvalue weighted by Gasteiger charge is -2.18. The van der Waals surface area contributed by atoms with E-state index in [4.69, 9.17) is 0 Å². The van der Waals surface area contributed by atoms with Crippen molar-refractivity contribution >= 4 is 29.2 Å². The molecule has 1 heterocycles. The van der Waals surface area contributed by atoms with Gasteiger partial charge in [-0.2, -0.15) is 13.2 Å². The van der Waals surface area contributed by atoms with Gasteiger partial charge < -0.3 is 5.11 Å². The highest BCUT2D eigenvalue weighted by atomic mass is 19.4. The number of nitrogens with zero attached hydrogens (tertiary/aromatic N) is 2. The highest BCUT2D eigenvalue weighted by Crippen LogP contribution is 2.42. The monoisotopic (exact) mass is 380 g/mol. The van der Waals surface area contributed by atoms with E-state index in [0.717, 1.165) is 0 Å². The van der Waals surface area contributed by atoms with E-state index < -0.39 is 51.4 Å². The van der Waals surface area contributed by atoms with Crippen LogP contribution in [0.3, 0.4) is 0 Å². The van der Waals surface area contributed by atoms with Gasteiger partial charge in [-0.1, -0.05) is 12.1 Å². The molecule has 0 aromatic heterocycles. The van der Waals surface area contributed by atoms with Gasteiger partial charge in [-0.05, 0) is 18.2 Å². The Labute approximate surface area is 147 Å².